The number of hydrogen-bond donors (Lipinski definition) is 1. The number of ether oxygens (including phenoxy) is 1. The van der Waals surface area contributed by atoms with Crippen LogP contribution in [0.15, 0.2) is 83.6 Å². The van der Waals surface area contributed by atoms with E-state index >= 15 is 0 Å². The molecule has 2 aromatic carbocycles. The van der Waals surface area contributed by atoms with Gasteiger partial charge in [0.05, 0.1) is 6.20 Å². The molecule has 8 nitrogen and oxygen atoms in total. The molecule has 0 saturated heterocycles. The molecule has 1 saturated carbocycles. The number of amides is 1. The Morgan fingerprint density at radius 1 is 1.09 bits per heavy atom. The fourth-order valence-corrected chi connectivity index (χ4v) is 4.26. The maximum Gasteiger partial charge on any atom is 0.274 e. The van der Waals surface area contributed by atoms with E-state index < -0.39 is 0 Å². The first-order valence-electron chi connectivity index (χ1n) is 11.5. The predicted molar refractivity (Wildman–Crippen MR) is 130 cm³/mol. The Hall–Kier alpha value is -4.46. The lowest BCUT2D eigenvalue weighted by Gasteiger charge is -2.32. The summed E-state index contributed by atoms with van der Waals surface area (Å²) in [4.78, 5) is 21.9. The lowest BCUT2D eigenvalue weighted by molar-refractivity contribution is 0.0847. The Morgan fingerprint density at radius 3 is 2.77 bits per heavy atom. The second-order valence-electron chi connectivity index (χ2n) is 8.73. The molecular weight excluding hydrogens is 442 g/mol. The highest BCUT2D eigenvalue weighted by molar-refractivity contribution is 6.04. The van der Waals surface area contributed by atoms with Crippen LogP contribution >= 0.6 is 0 Å². The summed E-state index contributed by atoms with van der Waals surface area (Å²) in [5.74, 6) is 1.93. The molecule has 0 aliphatic heterocycles. The third-order valence-corrected chi connectivity index (χ3v) is 6.33. The van der Waals surface area contributed by atoms with Crippen LogP contribution in [0.1, 0.15) is 40.7 Å². The minimum Gasteiger partial charge on any atom is -0.490 e. The highest BCUT2D eigenvalue weighted by atomic mass is 16.5. The van der Waals surface area contributed by atoms with E-state index in [1.807, 2.05) is 79.9 Å². The summed E-state index contributed by atoms with van der Waals surface area (Å²) in [6.07, 6.45) is 5.22. The van der Waals surface area contributed by atoms with Gasteiger partial charge >= 0.3 is 0 Å². The topological polar surface area (TPSA) is 94.5 Å². The standard InChI is InChI=1S/C27H23N5O3/c1-17-10-11-18(15-22(17)29-26(33)23-16-28-24-9-5-6-12-32(23)24)25-30-27(35-31-25)19-13-21(14-19)34-20-7-3-2-4-8-20/h2-12,15-16,19,21H,13-14H2,1H3,(H,29,33). The zero-order valence-corrected chi connectivity index (χ0v) is 19.1. The van der Waals surface area contributed by atoms with Crippen LogP contribution in [0.5, 0.6) is 5.75 Å². The smallest absolute Gasteiger partial charge is 0.274 e. The fourth-order valence-electron chi connectivity index (χ4n) is 4.26. The molecule has 5 aromatic rings. The molecule has 0 radical (unpaired) electrons. The highest BCUT2D eigenvalue weighted by Crippen LogP contribution is 2.39. The molecular formula is C27H23N5O3. The van der Waals surface area contributed by atoms with Crippen molar-refractivity contribution < 1.29 is 14.1 Å². The van der Waals surface area contributed by atoms with Crippen LogP contribution in [0.2, 0.25) is 0 Å². The van der Waals surface area contributed by atoms with Gasteiger partial charge in [0.2, 0.25) is 11.7 Å². The molecule has 1 amide bonds. The number of aromatic nitrogens is 4. The molecule has 1 aliphatic carbocycles. The molecule has 1 N–H and O–H groups in total. The van der Waals surface area contributed by atoms with E-state index in [2.05, 4.69) is 20.4 Å². The van der Waals surface area contributed by atoms with E-state index in [4.69, 9.17) is 9.26 Å². The summed E-state index contributed by atoms with van der Waals surface area (Å²) in [5, 5.41) is 7.18. The summed E-state index contributed by atoms with van der Waals surface area (Å²) in [5.41, 5.74) is 3.57. The van der Waals surface area contributed by atoms with Gasteiger partial charge < -0.3 is 14.6 Å². The Morgan fingerprint density at radius 2 is 1.91 bits per heavy atom. The van der Waals surface area contributed by atoms with Crippen LogP contribution < -0.4 is 10.1 Å². The summed E-state index contributed by atoms with van der Waals surface area (Å²) in [6, 6.07) is 21.2. The maximum absolute atomic E-state index is 13.0. The molecule has 1 fully saturated rings. The highest BCUT2D eigenvalue weighted by Gasteiger charge is 2.36. The van der Waals surface area contributed by atoms with Crippen LogP contribution in [0.4, 0.5) is 5.69 Å². The number of para-hydroxylation sites is 1. The number of fused-ring (bicyclic) bond motifs is 1. The Kier molecular flexibility index (Phi) is 5.25. The number of aryl methyl sites for hydroxylation is 1. The summed E-state index contributed by atoms with van der Waals surface area (Å²) in [7, 11) is 0. The number of carbonyl (C=O) groups excluding carboxylic acids is 1. The van der Waals surface area contributed by atoms with Gasteiger partial charge in [0.1, 0.15) is 23.2 Å². The van der Waals surface area contributed by atoms with E-state index in [-0.39, 0.29) is 17.9 Å². The van der Waals surface area contributed by atoms with Crippen molar-refractivity contribution in [1.29, 1.82) is 0 Å². The number of rotatable bonds is 6. The Labute approximate surface area is 201 Å². The number of imidazole rings is 1. The largest absolute Gasteiger partial charge is 0.490 e. The Bertz CT molecular complexity index is 1500. The SMILES string of the molecule is Cc1ccc(-c2noc(C3CC(Oc4ccccc4)C3)n2)cc1NC(=O)c1cnc2ccccn12. The van der Waals surface area contributed by atoms with Gasteiger partial charge in [-0.2, -0.15) is 4.98 Å². The van der Waals surface area contributed by atoms with Crippen molar-refractivity contribution in [2.45, 2.75) is 31.8 Å². The third-order valence-electron chi connectivity index (χ3n) is 6.33. The van der Waals surface area contributed by atoms with Gasteiger partial charge in [-0.25, -0.2) is 4.98 Å². The van der Waals surface area contributed by atoms with Crippen LogP contribution in [-0.2, 0) is 0 Å². The van der Waals surface area contributed by atoms with Crippen molar-refractivity contribution in [2.24, 2.45) is 0 Å². The molecule has 0 atom stereocenters. The molecule has 1 aliphatic rings. The van der Waals surface area contributed by atoms with E-state index in [9.17, 15) is 4.79 Å². The molecule has 3 heterocycles. The molecule has 0 spiro atoms. The first-order valence-corrected chi connectivity index (χ1v) is 11.5. The molecule has 0 unspecified atom stereocenters. The number of anilines is 1. The van der Waals surface area contributed by atoms with Gasteiger partial charge in [-0.3, -0.25) is 9.20 Å². The van der Waals surface area contributed by atoms with Gasteiger partial charge in [-0.05, 0) is 55.7 Å². The summed E-state index contributed by atoms with van der Waals surface area (Å²) >= 11 is 0. The summed E-state index contributed by atoms with van der Waals surface area (Å²) in [6.45, 7) is 1.94. The second kappa shape index (κ2) is 8.72. The van der Waals surface area contributed by atoms with Crippen LogP contribution in [0, 0.1) is 6.92 Å². The fraction of sp³-hybridized carbons (Fsp3) is 0.185. The lowest BCUT2D eigenvalue weighted by atomic mass is 9.82. The second-order valence-corrected chi connectivity index (χ2v) is 8.73. The number of pyridine rings is 1. The minimum absolute atomic E-state index is 0.151. The molecule has 8 heteroatoms. The molecule has 6 rings (SSSR count). The average Bonchev–Trinajstić information content (AvgIpc) is 3.51. The quantitative estimate of drug-likeness (QED) is 0.367. The van der Waals surface area contributed by atoms with Crippen LogP contribution in [0.25, 0.3) is 17.0 Å². The third kappa shape index (κ3) is 4.14. The lowest BCUT2D eigenvalue weighted by Crippen LogP contribution is -2.32. The molecule has 174 valence electrons. The van der Waals surface area contributed by atoms with Gasteiger partial charge in [0.25, 0.3) is 5.91 Å². The zero-order chi connectivity index (χ0) is 23.8. The predicted octanol–water partition coefficient (Wildman–Crippen LogP) is 5.27. The van der Waals surface area contributed by atoms with Crippen molar-refractivity contribution in [3.8, 4) is 17.1 Å². The number of nitrogens with one attached hydrogen (secondary N) is 1. The number of nitrogens with zero attached hydrogens (tertiary/aromatic N) is 4. The number of hydrogen-bond acceptors (Lipinski definition) is 6. The number of benzene rings is 2. The molecule has 35 heavy (non-hydrogen) atoms. The van der Waals surface area contributed by atoms with Crippen LogP contribution in [0.3, 0.4) is 0 Å². The zero-order valence-electron chi connectivity index (χ0n) is 19.1. The van der Waals surface area contributed by atoms with Crippen molar-refractivity contribution in [2.75, 3.05) is 5.32 Å². The van der Waals surface area contributed by atoms with Crippen LogP contribution in [-0.4, -0.2) is 31.5 Å². The normalized spacial score (nSPS) is 17.2. The molecule has 0 bridgehead atoms. The van der Waals surface area contributed by atoms with E-state index in [0.29, 0.717) is 23.1 Å². The van der Waals surface area contributed by atoms with Gasteiger partial charge in [0.15, 0.2) is 0 Å². The van der Waals surface area contributed by atoms with Crippen molar-refractivity contribution in [1.82, 2.24) is 19.5 Å². The first-order chi connectivity index (χ1) is 17.1. The number of carbonyl (C=O) groups is 1. The first kappa shape index (κ1) is 21.1. The van der Waals surface area contributed by atoms with Crippen molar-refractivity contribution >= 4 is 17.2 Å². The average molecular weight is 466 g/mol. The molecule has 3 aromatic heterocycles. The van der Waals surface area contributed by atoms with E-state index in [0.717, 1.165) is 35.4 Å². The Balaban J connectivity index is 1.15. The van der Waals surface area contributed by atoms with Gasteiger partial charge in [-0.15, -0.1) is 0 Å². The van der Waals surface area contributed by atoms with Crippen molar-refractivity contribution in [3.05, 3.63) is 96.3 Å². The van der Waals surface area contributed by atoms with Gasteiger partial charge in [-0.1, -0.05) is 41.6 Å². The summed E-state index contributed by atoms with van der Waals surface area (Å²) < 4.78 is 13.3. The minimum atomic E-state index is -0.239. The van der Waals surface area contributed by atoms with Gasteiger partial charge in [0, 0.05) is 23.4 Å². The van der Waals surface area contributed by atoms with E-state index in [1.165, 1.54) is 0 Å². The maximum atomic E-state index is 13.0. The van der Waals surface area contributed by atoms with Crippen molar-refractivity contribution in [3.63, 3.8) is 0 Å². The monoisotopic (exact) mass is 465 g/mol. The van der Waals surface area contributed by atoms with E-state index in [1.54, 1.807) is 10.6 Å².